The molecule has 0 aliphatic rings. The summed E-state index contributed by atoms with van der Waals surface area (Å²) in [6.07, 6.45) is 0. The van der Waals surface area contributed by atoms with E-state index in [2.05, 4.69) is 4.90 Å². The zero-order valence-corrected chi connectivity index (χ0v) is 10.4. The Kier molecular flexibility index (Phi) is 5.49. The van der Waals surface area contributed by atoms with Gasteiger partial charge in [-0.1, -0.05) is 12.1 Å². The Bertz CT molecular complexity index is 355. The van der Waals surface area contributed by atoms with Gasteiger partial charge in [0.25, 0.3) is 0 Å². The first-order chi connectivity index (χ1) is 7.59. The van der Waals surface area contributed by atoms with Crippen molar-refractivity contribution in [3.63, 3.8) is 0 Å². The van der Waals surface area contributed by atoms with Crippen molar-refractivity contribution in [3.8, 4) is 0 Å². The van der Waals surface area contributed by atoms with Crippen LogP contribution in [0.1, 0.15) is 10.4 Å². The maximum atomic E-state index is 12.9. The van der Waals surface area contributed by atoms with Crippen molar-refractivity contribution >= 4 is 17.5 Å². The lowest BCUT2D eigenvalue weighted by atomic mass is 10.1. The molecule has 1 aromatic rings. The molecule has 0 amide bonds. The number of Topliss-reactive ketones (excluding diaryl/α,β-unsaturated/α-hetero) is 1. The van der Waals surface area contributed by atoms with E-state index in [1.807, 2.05) is 14.1 Å². The lowest BCUT2D eigenvalue weighted by Crippen LogP contribution is -2.15. The smallest absolute Gasteiger partial charge is 0.172 e. The summed E-state index contributed by atoms with van der Waals surface area (Å²) < 4.78 is 12.9. The minimum absolute atomic E-state index is 0.0109. The number of benzene rings is 1. The first kappa shape index (κ1) is 13.2. The van der Waals surface area contributed by atoms with Crippen LogP contribution < -0.4 is 0 Å². The van der Waals surface area contributed by atoms with Gasteiger partial charge >= 0.3 is 0 Å². The van der Waals surface area contributed by atoms with Crippen LogP contribution in [-0.2, 0) is 0 Å². The first-order valence-corrected chi connectivity index (χ1v) is 6.26. The van der Waals surface area contributed by atoms with Gasteiger partial charge in [0.1, 0.15) is 5.82 Å². The summed E-state index contributed by atoms with van der Waals surface area (Å²) in [5, 5.41) is 0. The van der Waals surface area contributed by atoms with Gasteiger partial charge in [0.15, 0.2) is 5.78 Å². The SMILES string of the molecule is CN(C)CCSCC(=O)c1cccc(F)c1. The van der Waals surface area contributed by atoms with Gasteiger partial charge in [-0.3, -0.25) is 4.79 Å². The molecule has 0 saturated carbocycles. The number of halogens is 1. The Labute approximate surface area is 99.8 Å². The second-order valence-corrected chi connectivity index (χ2v) is 4.89. The number of carbonyl (C=O) groups excluding carboxylic acids is 1. The van der Waals surface area contributed by atoms with E-state index in [1.54, 1.807) is 23.9 Å². The molecule has 0 aliphatic heterocycles. The molecule has 1 rings (SSSR count). The molecule has 1 aromatic carbocycles. The van der Waals surface area contributed by atoms with Gasteiger partial charge in [-0.15, -0.1) is 0 Å². The fourth-order valence-electron chi connectivity index (χ4n) is 1.16. The van der Waals surface area contributed by atoms with Crippen LogP contribution in [0.25, 0.3) is 0 Å². The third-order valence-electron chi connectivity index (χ3n) is 2.06. The highest BCUT2D eigenvalue weighted by Gasteiger charge is 2.06. The summed E-state index contributed by atoms with van der Waals surface area (Å²) in [5.41, 5.74) is 0.456. The van der Waals surface area contributed by atoms with Crippen LogP contribution in [0.5, 0.6) is 0 Å². The van der Waals surface area contributed by atoms with E-state index in [4.69, 9.17) is 0 Å². The van der Waals surface area contributed by atoms with Crippen LogP contribution in [0.2, 0.25) is 0 Å². The Hall–Kier alpha value is -0.870. The molecule has 0 fully saturated rings. The summed E-state index contributed by atoms with van der Waals surface area (Å²) >= 11 is 1.58. The van der Waals surface area contributed by atoms with E-state index >= 15 is 0 Å². The number of rotatable bonds is 6. The van der Waals surface area contributed by atoms with Crippen molar-refractivity contribution in [2.24, 2.45) is 0 Å². The molecule has 0 heterocycles. The molecule has 16 heavy (non-hydrogen) atoms. The van der Waals surface area contributed by atoms with Crippen molar-refractivity contribution in [2.45, 2.75) is 0 Å². The molecule has 0 aliphatic carbocycles. The predicted octanol–water partition coefficient (Wildman–Crippen LogP) is 2.30. The molecule has 0 bridgehead atoms. The normalized spacial score (nSPS) is 10.8. The first-order valence-electron chi connectivity index (χ1n) is 5.11. The lowest BCUT2D eigenvalue weighted by molar-refractivity contribution is 0.102. The van der Waals surface area contributed by atoms with E-state index in [1.165, 1.54) is 12.1 Å². The third kappa shape index (κ3) is 4.77. The summed E-state index contributed by atoms with van der Waals surface area (Å²) in [6.45, 7) is 0.946. The monoisotopic (exact) mass is 241 g/mol. The highest BCUT2D eigenvalue weighted by Crippen LogP contribution is 2.09. The topological polar surface area (TPSA) is 20.3 Å². The van der Waals surface area contributed by atoms with Crippen LogP contribution in [0.4, 0.5) is 4.39 Å². The van der Waals surface area contributed by atoms with Crippen molar-refractivity contribution in [1.29, 1.82) is 0 Å². The molecule has 88 valence electrons. The number of ketones is 1. The third-order valence-corrected chi connectivity index (χ3v) is 3.00. The maximum Gasteiger partial charge on any atom is 0.172 e. The minimum atomic E-state index is -0.357. The van der Waals surface area contributed by atoms with E-state index < -0.39 is 0 Å². The Morgan fingerprint density at radius 2 is 2.19 bits per heavy atom. The van der Waals surface area contributed by atoms with Crippen molar-refractivity contribution in [2.75, 3.05) is 32.1 Å². The van der Waals surface area contributed by atoms with Crippen LogP contribution in [-0.4, -0.2) is 42.8 Å². The molecule has 0 N–H and O–H groups in total. The Morgan fingerprint density at radius 3 is 2.81 bits per heavy atom. The quantitative estimate of drug-likeness (QED) is 0.563. The average Bonchev–Trinajstić information content (AvgIpc) is 2.24. The fourth-order valence-corrected chi connectivity index (χ4v) is 2.15. The average molecular weight is 241 g/mol. The van der Waals surface area contributed by atoms with Crippen molar-refractivity contribution in [1.82, 2.24) is 4.90 Å². The largest absolute Gasteiger partial charge is 0.309 e. The molecule has 0 aromatic heterocycles. The fraction of sp³-hybridized carbons (Fsp3) is 0.417. The van der Waals surface area contributed by atoms with Crippen LogP contribution in [0.15, 0.2) is 24.3 Å². The number of thioether (sulfide) groups is 1. The van der Waals surface area contributed by atoms with Gasteiger partial charge in [0, 0.05) is 17.9 Å². The van der Waals surface area contributed by atoms with Crippen LogP contribution >= 0.6 is 11.8 Å². The lowest BCUT2D eigenvalue weighted by Gasteiger charge is -2.08. The molecule has 0 unspecified atom stereocenters. The maximum absolute atomic E-state index is 12.9. The molecule has 0 radical (unpaired) electrons. The van der Waals surface area contributed by atoms with E-state index in [-0.39, 0.29) is 11.6 Å². The molecule has 0 spiro atoms. The van der Waals surface area contributed by atoms with Gasteiger partial charge in [-0.25, -0.2) is 4.39 Å². The molecule has 2 nitrogen and oxygen atoms in total. The Morgan fingerprint density at radius 1 is 1.44 bits per heavy atom. The highest BCUT2D eigenvalue weighted by atomic mass is 32.2. The van der Waals surface area contributed by atoms with Gasteiger partial charge in [-0.05, 0) is 26.2 Å². The van der Waals surface area contributed by atoms with Gasteiger partial charge in [-0.2, -0.15) is 11.8 Å². The van der Waals surface area contributed by atoms with Gasteiger partial charge in [0.05, 0.1) is 5.75 Å². The van der Waals surface area contributed by atoms with E-state index in [0.717, 1.165) is 12.3 Å². The van der Waals surface area contributed by atoms with E-state index in [0.29, 0.717) is 11.3 Å². The second-order valence-electron chi connectivity index (χ2n) is 3.79. The Balaban J connectivity index is 2.35. The predicted molar refractivity (Wildman–Crippen MR) is 66.6 cm³/mol. The molecule has 4 heteroatoms. The van der Waals surface area contributed by atoms with Gasteiger partial charge < -0.3 is 4.90 Å². The highest BCUT2D eigenvalue weighted by molar-refractivity contribution is 8.00. The zero-order valence-electron chi connectivity index (χ0n) is 9.57. The van der Waals surface area contributed by atoms with Crippen molar-refractivity contribution < 1.29 is 9.18 Å². The zero-order chi connectivity index (χ0) is 12.0. The molecule has 0 saturated heterocycles. The number of nitrogens with zero attached hydrogens (tertiary/aromatic N) is 1. The number of hydrogen-bond acceptors (Lipinski definition) is 3. The van der Waals surface area contributed by atoms with Crippen LogP contribution in [0.3, 0.4) is 0 Å². The van der Waals surface area contributed by atoms with Gasteiger partial charge in [0.2, 0.25) is 0 Å². The summed E-state index contributed by atoms with van der Waals surface area (Å²) in [6, 6.07) is 5.84. The summed E-state index contributed by atoms with van der Waals surface area (Å²) in [7, 11) is 3.99. The number of carbonyl (C=O) groups is 1. The minimum Gasteiger partial charge on any atom is -0.309 e. The van der Waals surface area contributed by atoms with Crippen molar-refractivity contribution in [3.05, 3.63) is 35.6 Å². The summed E-state index contributed by atoms with van der Waals surface area (Å²) in [5.74, 6) is 0.957. The molecule has 0 atom stereocenters. The second kappa shape index (κ2) is 6.66. The molecular weight excluding hydrogens is 225 g/mol. The van der Waals surface area contributed by atoms with Crippen LogP contribution in [0, 0.1) is 5.82 Å². The van der Waals surface area contributed by atoms with E-state index in [9.17, 15) is 9.18 Å². The summed E-state index contributed by atoms with van der Waals surface area (Å²) in [4.78, 5) is 13.7. The standard InChI is InChI=1S/C12H16FNOS/c1-14(2)6-7-16-9-12(15)10-4-3-5-11(13)8-10/h3-5,8H,6-7,9H2,1-2H3. The molecular formula is C12H16FNOS. The number of hydrogen-bond donors (Lipinski definition) is 0.